The molecule has 2 aromatic carbocycles. The normalized spacial score (nSPS) is 13.7. The molecule has 3 aromatic rings. The van der Waals surface area contributed by atoms with Crippen LogP contribution in [0, 0.1) is 0 Å². The summed E-state index contributed by atoms with van der Waals surface area (Å²) in [4.78, 5) is 9.49. The highest BCUT2D eigenvalue weighted by Gasteiger charge is 2.21. The highest BCUT2D eigenvalue weighted by atomic mass is 35.5. The third-order valence-corrected chi connectivity index (χ3v) is 6.15. The molecule has 0 radical (unpaired) electrons. The Morgan fingerprint density at radius 1 is 1.08 bits per heavy atom. The molecule has 0 bridgehead atoms. The van der Waals surface area contributed by atoms with Crippen LogP contribution in [-0.4, -0.2) is 12.0 Å². The van der Waals surface area contributed by atoms with Gasteiger partial charge in [0, 0.05) is 27.8 Å². The molecule has 0 saturated heterocycles. The van der Waals surface area contributed by atoms with E-state index in [-0.39, 0.29) is 18.4 Å². The second-order valence-electron chi connectivity index (χ2n) is 5.67. The van der Waals surface area contributed by atoms with Crippen molar-refractivity contribution in [2.75, 3.05) is 11.9 Å². The van der Waals surface area contributed by atoms with Gasteiger partial charge in [0.05, 0.1) is 23.1 Å². The van der Waals surface area contributed by atoms with Gasteiger partial charge in [0.2, 0.25) is 0 Å². The maximum atomic E-state index is 5.93. The first-order valence-electron chi connectivity index (χ1n) is 7.49. The number of aromatic nitrogens is 1. The van der Waals surface area contributed by atoms with E-state index in [9.17, 15) is 0 Å². The minimum absolute atomic E-state index is 0. The van der Waals surface area contributed by atoms with Crippen LogP contribution in [0.3, 0.4) is 0 Å². The van der Waals surface area contributed by atoms with Crippen LogP contribution >= 0.6 is 35.5 Å². The van der Waals surface area contributed by atoms with Gasteiger partial charge in [0.1, 0.15) is 5.01 Å². The molecular formula is C18H18ClN3S2. The molecule has 1 aromatic heterocycles. The fraction of sp³-hybridized carbons (Fsp3) is 0.167. The van der Waals surface area contributed by atoms with Gasteiger partial charge in [-0.15, -0.1) is 23.7 Å². The molecule has 0 saturated carbocycles. The Hall–Kier alpha value is -1.53. The molecule has 0 aliphatic carbocycles. The van der Waals surface area contributed by atoms with Crippen molar-refractivity contribution in [3.63, 3.8) is 0 Å². The third-order valence-electron chi connectivity index (χ3n) is 3.97. The largest absolute Gasteiger partial charge is 0.343 e. The molecule has 1 aliphatic heterocycles. The van der Waals surface area contributed by atoms with E-state index in [0.29, 0.717) is 0 Å². The molecule has 3 nitrogen and oxygen atoms in total. The summed E-state index contributed by atoms with van der Waals surface area (Å²) in [6.45, 7) is 1.97. The van der Waals surface area contributed by atoms with Gasteiger partial charge in [-0.25, -0.2) is 4.98 Å². The van der Waals surface area contributed by atoms with Gasteiger partial charge in [-0.05, 0) is 31.2 Å². The van der Waals surface area contributed by atoms with Gasteiger partial charge in [0.15, 0.2) is 0 Å². The second kappa shape index (κ2) is 6.76. The van der Waals surface area contributed by atoms with Crippen LogP contribution in [0.25, 0.3) is 11.3 Å². The molecule has 24 heavy (non-hydrogen) atoms. The number of rotatable bonds is 2. The number of anilines is 2. The number of hydrogen-bond donors (Lipinski definition) is 1. The number of nitrogens with zero attached hydrogens (tertiary/aromatic N) is 2. The lowest BCUT2D eigenvalue weighted by Crippen LogP contribution is -2.14. The molecule has 0 fully saturated rings. The van der Waals surface area contributed by atoms with Crippen molar-refractivity contribution in [1.29, 1.82) is 0 Å². The topological polar surface area (TPSA) is 42.1 Å². The van der Waals surface area contributed by atoms with E-state index >= 15 is 0 Å². The molecule has 0 amide bonds. The molecule has 0 spiro atoms. The minimum Gasteiger partial charge on any atom is -0.343 e. The van der Waals surface area contributed by atoms with Crippen molar-refractivity contribution >= 4 is 46.9 Å². The number of thiazole rings is 1. The smallest absolute Gasteiger partial charge is 0.110 e. The highest BCUT2D eigenvalue weighted by Crippen LogP contribution is 2.48. The van der Waals surface area contributed by atoms with Crippen molar-refractivity contribution in [3.8, 4) is 11.3 Å². The SMILES string of the molecule is CC(N)c1nc(-c2ccc3c(c2)N(C)c2ccccc2S3)cs1.Cl. The number of hydrogen-bond acceptors (Lipinski definition) is 5. The monoisotopic (exact) mass is 375 g/mol. The van der Waals surface area contributed by atoms with E-state index in [1.165, 1.54) is 21.2 Å². The van der Waals surface area contributed by atoms with Crippen molar-refractivity contribution in [2.24, 2.45) is 5.73 Å². The average molecular weight is 376 g/mol. The fourth-order valence-corrected chi connectivity index (χ4v) is 4.64. The van der Waals surface area contributed by atoms with Crippen LogP contribution in [-0.2, 0) is 0 Å². The lowest BCUT2D eigenvalue weighted by Gasteiger charge is -2.29. The Labute approximate surface area is 156 Å². The molecule has 1 unspecified atom stereocenters. The van der Waals surface area contributed by atoms with E-state index in [0.717, 1.165) is 16.3 Å². The molecule has 6 heteroatoms. The van der Waals surface area contributed by atoms with E-state index in [1.54, 1.807) is 11.3 Å². The van der Waals surface area contributed by atoms with E-state index in [1.807, 2.05) is 18.7 Å². The Morgan fingerprint density at radius 3 is 2.58 bits per heavy atom. The maximum absolute atomic E-state index is 5.93. The summed E-state index contributed by atoms with van der Waals surface area (Å²) >= 11 is 3.45. The summed E-state index contributed by atoms with van der Waals surface area (Å²) < 4.78 is 0. The maximum Gasteiger partial charge on any atom is 0.110 e. The van der Waals surface area contributed by atoms with E-state index in [4.69, 9.17) is 5.73 Å². The molecular weight excluding hydrogens is 358 g/mol. The number of benzene rings is 2. The van der Waals surface area contributed by atoms with Crippen molar-refractivity contribution in [1.82, 2.24) is 4.98 Å². The Bertz CT molecular complexity index is 876. The zero-order valence-corrected chi connectivity index (χ0v) is 15.8. The second-order valence-corrected chi connectivity index (χ2v) is 7.64. The van der Waals surface area contributed by atoms with Crippen LogP contribution in [0.1, 0.15) is 18.0 Å². The first-order valence-corrected chi connectivity index (χ1v) is 9.19. The first-order chi connectivity index (χ1) is 11.1. The summed E-state index contributed by atoms with van der Waals surface area (Å²) in [6.07, 6.45) is 0. The van der Waals surface area contributed by atoms with Gasteiger partial charge in [-0.3, -0.25) is 0 Å². The van der Waals surface area contributed by atoms with Gasteiger partial charge in [-0.1, -0.05) is 30.0 Å². The van der Waals surface area contributed by atoms with Gasteiger partial charge in [-0.2, -0.15) is 0 Å². The summed E-state index contributed by atoms with van der Waals surface area (Å²) in [6, 6.07) is 15.0. The van der Waals surface area contributed by atoms with Gasteiger partial charge < -0.3 is 10.6 Å². The van der Waals surface area contributed by atoms with E-state index < -0.39 is 0 Å². The molecule has 2 N–H and O–H groups in total. The Morgan fingerprint density at radius 2 is 1.83 bits per heavy atom. The van der Waals surface area contributed by atoms with Crippen LogP contribution in [0.2, 0.25) is 0 Å². The minimum atomic E-state index is -0.0171. The summed E-state index contributed by atoms with van der Waals surface area (Å²) in [7, 11) is 2.12. The highest BCUT2D eigenvalue weighted by molar-refractivity contribution is 7.99. The lowest BCUT2D eigenvalue weighted by atomic mass is 10.1. The third kappa shape index (κ3) is 2.93. The molecule has 124 valence electrons. The number of halogens is 1. The molecule has 1 aliphatic rings. The van der Waals surface area contributed by atoms with Crippen molar-refractivity contribution in [3.05, 3.63) is 52.9 Å². The predicted molar refractivity (Wildman–Crippen MR) is 106 cm³/mol. The number of para-hydroxylation sites is 1. The summed E-state index contributed by atoms with van der Waals surface area (Å²) in [5, 5.41) is 3.07. The lowest BCUT2D eigenvalue weighted by molar-refractivity contribution is 0.808. The van der Waals surface area contributed by atoms with Crippen molar-refractivity contribution in [2.45, 2.75) is 22.8 Å². The van der Waals surface area contributed by atoms with Crippen LogP contribution < -0.4 is 10.6 Å². The zero-order chi connectivity index (χ0) is 16.0. The van der Waals surface area contributed by atoms with Gasteiger partial charge >= 0.3 is 0 Å². The van der Waals surface area contributed by atoms with E-state index in [2.05, 4.69) is 64.8 Å². The van der Waals surface area contributed by atoms with Crippen LogP contribution in [0.15, 0.2) is 57.6 Å². The summed E-state index contributed by atoms with van der Waals surface area (Å²) in [5.74, 6) is 0. The van der Waals surface area contributed by atoms with Crippen molar-refractivity contribution < 1.29 is 0 Å². The molecule has 4 rings (SSSR count). The molecule has 2 heterocycles. The average Bonchev–Trinajstić information content (AvgIpc) is 3.05. The Balaban J connectivity index is 0.00000169. The van der Waals surface area contributed by atoms with Crippen LogP contribution in [0.5, 0.6) is 0 Å². The first kappa shape index (κ1) is 17.3. The predicted octanol–water partition coefficient (Wildman–Crippen LogP) is 5.48. The van der Waals surface area contributed by atoms with Crippen LogP contribution in [0.4, 0.5) is 11.4 Å². The standard InChI is InChI=1S/C18H17N3S2.ClH/c1-11(19)18-20-13(10-22-18)12-7-8-17-15(9-12)21(2)14-5-3-4-6-16(14)23-17;/h3-11H,19H2,1-2H3;1H. The number of nitrogens with two attached hydrogens (primary N) is 1. The quantitative estimate of drug-likeness (QED) is 0.643. The van der Waals surface area contributed by atoms with Gasteiger partial charge in [0.25, 0.3) is 0 Å². The number of fused-ring (bicyclic) bond motifs is 2. The fourth-order valence-electron chi connectivity index (χ4n) is 2.72. The summed E-state index contributed by atoms with van der Waals surface area (Å²) in [5.41, 5.74) is 10.5. The molecule has 1 atom stereocenters. The Kier molecular flexibility index (Phi) is 4.88. The zero-order valence-electron chi connectivity index (χ0n) is 13.4.